The third-order valence-corrected chi connectivity index (χ3v) is 4.06. The molecule has 2 amide bonds. The van der Waals surface area contributed by atoms with E-state index in [1.165, 1.54) is 0 Å². The lowest BCUT2D eigenvalue weighted by Gasteiger charge is -2.31. The number of hydrogen-bond acceptors (Lipinski definition) is 4. The summed E-state index contributed by atoms with van der Waals surface area (Å²) in [6.45, 7) is 5.53. The number of halogens is 1. The predicted molar refractivity (Wildman–Crippen MR) is 92.7 cm³/mol. The van der Waals surface area contributed by atoms with Crippen molar-refractivity contribution in [2.75, 3.05) is 13.1 Å². The molecule has 2 aromatic heterocycles. The normalized spacial score (nSPS) is 12.7. The molecule has 0 saturated carbocycles. The van der Waals surface area contributed by atoms with Gasteiger partial charge < -0.3 is 10.6 Å². The lowest BCUT2D eigenvalue weighted by molar-refractivity contribution is -0.106. The summed E-state index contributed by atoms with van der Waals surface area (Å²) in [6, 6.07) is 3.83. The minimum absolute atomic E-state index is 0.0379. The van der Waals surface area contributed by atoms with Gasteiger partial charge in [0.2, 0.25) is 6.41 Å². The van der Waals surface area contributed by atoms with E-state index in [4.69, 9.17) is 16.4 Å². The molecule has 0 aromatic carbocycles. The van der Waals surface area contributed by atoms with Crippen LogP contribution >= 0.6 is 11.6 Å². The fourth-order valence-corrected chi connectivity index (χ4v) is 2.56. The summed E-state index contributed by atoms with van der Waals surface area (Å²) >= 11 is 6.10. The van der Waals surface area contributed by atoms with Crippen molar-refractivity contribution in [1.29, 1.82) is 0 Å². The summed E-state index contributed by atoms with van der Waals surface area (Å²) in [5.74, 6) is -0.0379. The summed E-state index contributed by atoms with van der Waals surface area (Å²) in [7, 11) is 0. The van der Waals surface area contributed by atoms with E-state index in [9.17, 15) is 4.79 Å². The highest BCUT2D eigenvalue weighted by Gasteiger charge is 2.24. The molecular formula is C17H19ClN4O2. The highest BCUT2D eigenvalue weighted by Crippen LogP contribution is 2.27. The Morgan fingerprint density at radius 1 is 1.25 bits per heavy atom. The number of carbonyl (C=O) groups is 2. The standard InChI is InChI=1S/C16H16ClN3O.CH3NO/c1-10-8-18-11(2)6-13(10)12-7-14(15(17)19-9-12)16(21)20-4-3-5-20;2-1-3/h6-9H,3-5H2,1-2H3;1H,(H2,2,3). The molecule has 2 N–H and O–H groups in total. The van der Waals surface area contributed by atoms with Crippen LogP contribution in [0.25, 0.3) is 11.1 Å². The van der Waals surface area contributed by atoms with Crippen LogP contribution in [0, 0.1) is 13.8 Å². The highest BCUT2D eigenvalue weighted by atomic mass is 35.5. The molecule has 0 bridgehead atoms. The van der Waals surface area contributed by atoms with E-state index < -0.39 is 0 Å². The number of likely N-dealkylation sites (tertiary alicyclic amines) is 1. The minimum atomic E-state index is -0.0379. The van der Waals surface area contributed by atoms with Gasteiger partial charge in [-0.05, 0) is 43.5 Å². The Morgan fingerprint density at radius 3 is 2.50 bits per heavy atom. The molecule has 6 nitrogen and oxygen atoms in total. The van der Waals surface area contributed by atoms with E-state index in [1.807, 2.05) is 32.2 Å². The summed E-state index contributed by atoms with van der Waals surface area (Å²) in [5.41, 5.74) is 8.55. The molecule has 1 aliphatic heterocycles. The molecule has 0 radical (unpaired) electrons. The van der Waals surface area contributed by atoms with Crippen molar-refractivity contribution in [2.45, 2.75) is 20.3 Å². The first-order valence-electron chi connectivity index (χ1n) is 7.51. The molecule has 3 heterocycles. The van der Waals surface area contributed by atoms with Gasteiger partial charge in [0.25, 0.3) is 5.91 Å². The Bertz CT molecular complexity index is 760. The molecule has 24 heavy (non-hydrogen) atoms. The number of pyridine rings is 2. The van der Waals surface area contributed by atoms with Gasteiger partial charge in [-0.15, -0.1) is 0 Å². The van der Waals surface area contributed by atoms with Gasteiger partial charge in [-0.2, -0.15) is 0 Å². The molecule has 1 fully saturated rings. The second-order valence-corrected chi connectivity index (χ2v) is 5.84. The number of hydrogen-bond donors (Lipinski definition) is 1. The largest absolute Gasteiger partial charge is 0.372 e. The van der Waals surface area contributed by atoms with E-state index >= 15 is 0 Å². The Labute approximate surface area is 145 Å². The van der Waals surface area contributed by atoms with Gasteiger partial charge >= 0.3 is 0 Å². The van der Waals surface area contributed by atoms with Gasteiger partial charge in [-0.1, -0.05) is 11.6 Å². The first-order chi connectivity index (χ1) is 11.5. The second-order valence-electron chi connectivity index (χ2n) is 5.48. The van der Waals surface area contributed by atoms with Crippen LogP contribution in [0.4, 0.5) is 0 Å². The molecule has 126 valence electrons. The molecule has 1 saturated heterocycles. The van der Waals surface area contributed by atoms with Crippen LogP contribution in [0.3, 0.4) is 0 Å². The van der Waals surface area contributed by atoms with Crippen molar-refractivity contribution in [1.82, 2.24) is 14.9 Å². The van der Waals surface area contributed by atoms with Gasteiger partial charge in [-0.25, -0.2) is 4.98 Å². The number of aromatic nitrogens is 2. The van der Waals surface area contributed by atoms with E-state index in [0.717, 1.165) is 41.9 Å². The number of nitrogens with two attached hydrogens (primary N) is 1. The van der Waals surface area contributed by atoms with Crippen molar-refractivity contribution in [3.63, 3.8) is 0 Å². The molecule has 0 atom stereocenters. The quantitative estimate of drug-likeness (QED) is 0.667. The maximum absolute atomic E-state index is 12.4. The molecule has 1 aliphatic rings. The molecular weight excluding hydrogens is 328 g/mol. The fraction of sp³-hybridized carbons (Fsp3) is 0.294. The van der Waals surface area contributed by atoms with Crippen LogP contribution in [0.1, 0.15) is 28.0 Å². The van der Waals surface area contributed by atoms with E-state index in [-0.39, 0.29) is 17.5 Å². The third kappa shape index (κ3) is 3.89. The van der Waals surface area contributed by atoms with Crippen LogP contribution in [-0.4, -0.2) is 40.3 Å². The van der Waals surface area contributed by atoms with Crippen molar-refractivity contribution < 1.29 is 9.59 Å². The summed E-state index contributed by atoms with van der Waals surface area (Å²) in [6.07, 6.45) is 4.84. The zero-order valence-electron chi connectivity index (χ0n) is 13.6. The van der Waals surface area contributed by atoms with Crippen molar-refractivity contribution in [3.05, 3.63) is 46.5 Å². The zero-order chi connectivity index (χ0) is 17.7. The second kappa shape index (κ2) is 7.88. The molecule has 0 spiro atoms. The minimum Gasteiger partial charge on any atom is -0.372 e. The van der Waals surface area contributed by atoms with Crippen LogP contribution in [0.5, 0.6) is 0 Å². The molecule has 3 rings (SSSR count). The van der Waals surface area contributed by atoms with Crippen LogP contribution in [0.2, 0.25) is 5.15 Å². The topological polar surface area (TPSA) is 89.2 Å². The number of aryl methyl sites for hydroxylation is 2. The molecule has 7 heteroatoms. The van der Waals surface area contributed by atoms with Gasteiger partial charge in [0.1, 0.15) is 5.15 Å². The number of primary amides is 1. The highest BCUT2D eigenvalue weighted by molar-refractivity contribution is 6.32. The number of carbonyl (C=O) groups excluding carboxylic acids is 2. The zero-order valence-corrected chi connectivity index (χ0v) is 14.4. The molecule has 0 aliphatic carbocycles. The Morgan fingerprint density at radius 2 is 1.92 bits per heavy atom. The molecule has 0 unspecified atom stereocenters. The van der Waals surface area contributed by atoms with Gasteiger partial charge in [0, 0.05) is 36.7 Å². The van der Waals surface area contributed by atoms with Crippen molar-refractivity contribution >= 4 is 23.9 Å². The first kappa shape index (κ1) is 17.9. The van der Waals surface area contributed by atoms with E-state index in [0.29, 0.717) is 5.56 Å². The van der Waals surface area contributed by atoms with Crippen LogP contribution in [-0.2, 0) is 4.79 Å². The van der Waals surface area contributed by atoms with Crippen molar-refractivity contribution in [2.24, 2.45) is 5.73 Å². The monoisotopic (exact) mass is 346 g/mol. The Kier molecular flexibility index (Phi) is 5.87. The van der Waals surface area contributed by atoms with Crippen LogP contribution in [0.15, 0.2) is 24.5 Å². The fourth-order valence-electron chi connectivity index (χ4n) is 2.37. The summed E-state index contributed by atoms with van der Waals surface area (Å²) < 4.78 is 0. The predicted octanol–water partition coefficient (Wildman–Crippen LogP) is 2.36. The van der Waals surface area contributed by atoms with Gasteiger partial charge in [-0.3, -0.25) is 14.6 Å². The number of amides is 2. The SMILES string of the molecule is Cc1cc(-c2cnc(Cl)c(C(=O)N3CCC3)c2)c(C)cn1.NC=O. The summed E-state index contributed by atoms with van der Waals surface area (Å²) in [5, 5.41) is 0.263. The number of nitrogens with zero attached hydrogens (tertiary/aromatic N) is 3. The van der Waals surface area contributed by atoms with E-state index in [1.54, 1.807) is 11.1 Å². The molecule has 2 aromatic rings. The first-order valence-corrected chi connectivity index (χ1v) is 7.89. The average Bonchev–Trinajstić information content (AvgIpc) is 2.49. The lowest BCUT2D eigenvalue weighted by atomic mass is 10.0. The maximum Gasteiger partial charge on any atom is 0.257 e. The third-order valence-electron chi connectivity index (χ3n) is 3.76. The van der Waals surface area contributed by atoms with Gasteiger partial charge in [0.05, 0.1) is 5.56 Å². The smallest absolute Gasteiger partial charge is 0.257 e. The van der Waals surface area contributed by atoms with Crippen molar-refractivity contribution in [3.8, 4) is 11.1 Å². The van der Waals surface area contributed by atoms with E-state index in [2.05, 4.69) is 15.7 Å². The maximum atomic E-state index is 12.4. The lowest BCUT2D eigenvalue weighted by Crippen LogP contribution is -2.42. The van der Waals surface area contributed by atoms with Crippen LogP contribution < -0.4 is 5.73 Å². The Balaban J connectivity index is 0.000000647. The van der Waals surface area contributed by atoms with Gasteiger partial charge in [0.15, 0.2) is 0 Å². The Hall–Kier alpha value is -2.47. The number of rotatable bonds is 2. The summed E-state index contributed by atoms with van der Waals surface area (Å²) in [4.78, 5) is 31.2. The average molecular weight is 347 g/mol.